The van der Waals surface area contributed by atoms with E-state index in [1.165, 1.54) is 30.3 Å². The van der Waals surface area contributed by atoms with Gasteiger partial charge >= 0.3 is 6.18 Å². The molecule has 0 radical (unpaired) electrons. The van der Waals surface area contributed by atoms with E-state index in [1.54, 1.807) is 0 Å². The van der Waals surface area contributed by atoms with Gasteiger partial charge < -0.3 is 0 Å². The molecule has 1 aliphatic carbocycles. The number of ketones is 1. The van der Waals surface area contributed by atoms with Crippen LogP contribution in [-0.4, -0.2) is 5.78 Å². The Morgan fingerprint density at radius 2 is 1.67 bits per heavy atom. The zero-order valence-corrected chi connectivity index (χ0v) is 10.7. The third kappa shape index (κ3) is 2.44. The van der Waals surface area contributed by atoms with Gasteiger partial charge in [-0.05, 0) is 35.4 Å². The SMILES string of the molecule is O=C1C[C@H](c2ccc(F)cc2)c2cc(C(F)(F)F)ccc21. The molecule has 1 aliphatic rings. The van der Waals surface area contributed by atoms with Crippen LogP contribution >= 0.6 is 0 Å². The molecule has 108 valence electrons. The first kappa shape index (κ1) is 13.8. The summed E-state index contributed by atoms with van der Waals surface area (Å²) in [6.07, 6.45) is -4.34. The molecule has 1 atom stereocenters. The third-order valence-electron chi connectivity index (χ3n) is 3.72. The summed E-state index contributed by atoms with van der Waals surface area (Å²) in [5, 5.41) is 0. The van der Waals surface area contributed by atoms with Crippen LogP contribution in [-0.2, 0) is 6.18 Å². The third-order valence-corrected chi connectivity index (χ3v) is 3.72. The van der Waals surface area contributed by atoms with Crippen LogP contribution in [0, 0.1) is 5.82 Å². The van der Waals surface area contributed by atoms with Gasteiger partial charge in [-0.15, -0.1) is 0 Å². The number of rotatable bonds is 1. The summed E-state index contributed by atoms with van der Waals surface area (Å²) in [6, 6.07) is 8.66. The summed E-state index contributed by atoms with van der Waals surface area (Å²) in [6.45, 7) is 0. The Balaban J connectivity index is 2.09. The second-order valence-electron chi connectivity index (χ2n) is 5.03. The molecule has 0 aliphatic heterocycles. The van der Waals surface area contributed by atoms with E-state index < -0.39 is 23.5 Å². The van der Waals surface area contributed by atoms with Crippen molar-refractivity contribution < 1.29 is 22.4 Å². The van der Waals surface area contributed by atoms with Crippen LogP contribution in [0.2, 0.25) is 0 Å². The molecule has 1 nitrogen and oxygen atoms in total. The molecule has 0 N–H and O–H groups in total. The Bertz CT molecular complexity index is 701. The summed E-state index contributed by atoms with van der Waals surface area (Å²) in [5.41, 5.74) is 0.546. The molecule has 0 spiro atoms. The van der Waals surface area contributed by atoms with Gasteiger partial charge in [0.05, 0.1) is 5.56 Å². The summed E-state index contributed by atoms with van der Waals surface area (Å²) in [4.78, 5) is 11.9. The van der Waals surface area contributed by atoms with Crippen LogP contribution in [0.25, 0.3) is 0 Å². The van der Waals surface area contributed by atoms with Gasteiger partial charge in [-0.3, -0.25) is 4.79 Å². The maximum atomic E-state index is 13.0. The average Bonchev–Trinajstić information content (AvgIpc) is 2.76. The maximum absolute atomic E-state index is 13.0. The Hall–Kier alpha value is -2.17. The van der Waals surface area contributed by atoms with Gasteiger partial charge in [0.25, 0.3) is 0 Å². The van der Waals surface area contributed by atoms with Crippen molar-refractivity contribution in [2.45, 2.75) is 18.5 Å². The van der Waals surface area contributed by atoms with Gasteiger partial charge in [0.15, 0.2) is 5.78 Å². The zero-order valence-electron chi connectivity index (χ0n) is 10.7. The first-order valence-electron chi connectivity index (χ1n) is 6.36. The second kappa shape index (κ2) is 4.69. The van der Waals surface area contributed by atoms with Crippen LogP contribution < -0.4 is 0 Å². The van der Waals surface area contributed by atoms with E-state index in [-0.39, 0.29) is 12.2 Å². The quantitative estimate of drug-likeness (QED) is 0.704. The predicted octanol–water partition coefficient (Wildman–Crippen LogP) is 4.56. The fourth-order valence-corrected chi connectivity index (χ4v) is 2.68. The smallest absolute Gasteiger partial charge is 0.294 e. The topological polar surface area (TPSA) is 17.1 Å². The van der Waals surface area contributed by atoms with Crippen molar-refractivity contribution in [1.82, 2.24) is 0 Å². The first-order valence-corrected chi connectivity index (χ1v) is 6.36. The number of hydrogen-bond acceptors (Lipinski definition) is 1. The lowest BCUT2D eigenvalue weighted by molar-refractivity contribution is -0.137. The molecule has 3 rings (SSSR count). The van der Waals surface area contributed by atoms with Gasteiger partial charge in [0, 0.05) is 17.9 Å². The van der Waals surface area contributed by atoms with E-state index >= 15 is 0 Å². The van der Waals surface area contributed by atoms with E-state index in [0.29, 0.717) is 16.7 Å². The number of carbonyl (C=O) groups excluding carboxylic acids is 1. The molecule has 0 amide bonds. The Morgan fingerprint density at radius 1 is 1.00 bits per heavy atom. The molecular weight excluding hydrogens is 284 g/mol. The van der Waals surface area contributed by atoms with E-state index in [0.717, 1.165) is 12.1 Å². The maximum Gasteiger partial charge on any atom is 0.416 e. The number of carbonyl (C=O) groups is 1. The molecule has 5 heteroatoms. The van der Waals surface area contributed by atoms with Crippen molar-refractivity contribution in [2.24, 2.45) is 0 Å². The van der Waals surface area contributed by atoms with Gasteiger partial charge in [0.1, 0.15) is 5.82 Å². The zero-order chi connectivity index (χ0) is 15.2. The summed E-state index contributed by atoms with van der Waals surface area (Å²) < 4.78 is 51.4. The van der Waals surface area contributed by atoms with E-state index in [4.69, 9.17) is 0 Å². The average molecular weight is 294 g/mol. The lowest BCUT2D eigenvalue weighted by Crippen LogP contribution is -2.06. The Labute approximate surface area is 118 Å². The highest BCUT2D eigenvalue weighted by Gasteiger charge is 2.36. The van der Waals surface area contributed by atoms with Crippen molar-refractivity contribution in [2.75, 3.05) is 0 Å². The molecule has 0 unspecified atom stereocenters. The van der Waals surface area contributed by atoms with E-state index in [9.17, 15) is 22.4 Å². The minimum absolute atomic E-state index is 0.113. The van der Waals surface area contributed by atoms with Crippen LogP contribution in [0.4, 0.5) is 17.6 Å². The van der Waals surface area contributed by atoms with Crippen LogP contribution in [0.3, 0.4) is 0 Å². The molecule has 0 saturated carbocycles. The van der Waals surface area contributed by atoms with Crippen molar-refractivity contribution in [1.29, 1.82) is 0 Å². The number of fused-ring (bicyclic) bond motifs is 1. The lowest BCUT2D eigenvalue weighted by Gasteiger charge is -2.13. The van der Waals surface area contributed by atoms with Gasteiger partial charge in [-0.25, -0.2) is 4.39 Å². The van der Waals surface area contributed by atoms with Crippen molar-refractivity contribution in [3.8, 4) is 0 Å². The fourth-order valence-electron chi connectivity index (χ4n) is 2.68. The van der Waals surface area contributed by atoms with Crippen molar-refractivity contribution in [3.63, 3.8) is 0 Å². The normalized spacial score (nSPS) is 17.9. The standard InChI is InChI=1S/C16H10F4O/c17-11-4-1-9(2-5-11)13-8-15(21)12-6-3-10(7-14(12)13)16(18,19)20/h1-7,13H,8H2/t13-/m1/s1. The van der Waals surface area contributed by atoms with Crippen LogP contribution in [0.5, 0.6) is 0 Å². The van der Waals surface area contributed by atoms with Crippen LogP contribution in [0.15, 0.2) is 42.5 Å². The largest absolute Gasteiger partial charge is 0.416 e. The van der Waals surface area contributed by atoms with E-state index in [1.807, 2.05) is 0 Å². The molecule has 0 heterocycles. The minimum atomic E-state index is -4.45. The van der Waals surface area contributed by atoms with Crippen LogP contribution in [0.1, 0.15) is 39.4 Å². The van der Waals surface area contributed by atoms with Crippen molar-refractivity contribution in [3.05, 3.63) is 70.5 Å². The summed E-state index contributed by atoms with van der Waals surface area (Å²) in [7, 11) is 0. The number of benzene rings is 2. The highest BCUT2D eigenvalue weighted by molar-refractivity contribution is 6.02. The number of Topliss-reactive ketones (excluding diaryl/α,β-unsaturated/α-hetero) is 1. The summed E-state index contributed by atoms with van der Waals surface area (Å²) in [5.74, 6) is -1.06. The van der Waals surface area contributed by atoms with E-state index in [2.05, 4.69) is 0 Å². The van der Waals surface area contributed by atoms with Crippen molar-refractivity contribution >= 4 is 5.78 Å². The molecule has 0 bridgehead atoms. The molecule has 2 aromatic rings. The monoisotopic (exact) mass is 294 g/mol. The first-order chi connectivity index (χ1) is 9.86. The van der Waals surface area contributed by atoms with Gasteiger partial charge in [-0.1, -0.05) is 18.2 Å². The fraction of sp³-hybridized carbons (Fsp3) is 0.188. The molecule has 0 saturated heterocycles. The lowest BCUT2D eigenvalue weighted by atomic mass is 9.92. The predicted molar refractivity (Wildman–Crippen MR) is 68.6 cm³/mol. The summed E-state index contributed by atoms with van der Waals surface area (Å²) >= 11 is 0. The number of halogens is 4. The minimum Gasteiger partial charge on any atom is -0.294 e. The number of hydrogen-bond donors (Lipinski definition) is 0. The van der Waals surface area contributed by atoms with Gasteiger partial charge in [-0.2, -0.15) is 13.2 Å². The number of alkyl halides is 3. The Kier molecular flexibility index (Phi) is 3.08. The highest BCUT2D eigenvalue weighted by atomic mass is 19.4. The molecular formula is C16H10F4O. The molecule has 0 aromatic heterocycles. The second-order valence-corrected chi connectivity index (χ2v) is 5.03. The molecule has 21 heavy (non-hydrogen) atoms. The highest BCUT2D eigenvalue weighted by Crippen LogP contribution is 2.41. The molecule has 0 fully saturated rings. The van der Waals surface area contributed by atoms with Gasteiger partial charge in [0.2, 0.25) is 0 Å². The molecule has 2 aromatic carbocycles. The Morgan fingerprint density at radius 3 is 2.29 bits per heavy atom.